The fourth-order valence-electron chi connectivity index (χ4n) is 1.49. The number of nitrogens with zero attached hydrogens (tertiary/aromatic N) is 1. The molecule has 0 fully saturated rings. The number of halogens is 1. The standard InChI is InChI=1S/C11H18ClN3O2/c1-11(2,4-3-5-16)7-13-8-6-14-15-10(17)9(8)12/h6,16H,3-5,7H2,1-2H3,(H2,13,15,17). The molecule has 1 aromatic rings. The highest BCUT2D eigenvalue weighted by atomic mass is 35.5. The van der Waals surface area contributed by atoms with Crippen molar-refractivity contribution in [1.29, 1.82) is 0 Å². The number of aromatic nitrogens is 2. The van der Waals surface area contributed by atoms with E-state index in [9.17, 15) is 4.79 Å². The van der Waals surface area contributed by atoms with Gasteiger partial charge in [0.25, 0.3) is 5.56 Å². The van der Waals surface area contributed by atoms with Crippen molar-refractivity contribution in [2.45, 2.75) is 26.7 Å². The van der Waals surface area contributed by atoms with Gasteiger partial charge in [0.05, 0.1) is 11.9 Å². The van der Waals surface area contributed by atoms with Crippen LogP contribution in [0, 0.1) is 5.41 Å². The van der Waals surface area contributed by atoms with Crippen LogP contribution in [0.15, 0.2) is 11.0 Å². The van der Waals surface area contributed by atoms with E-state index < -0.39 is 5.56 Å². The lowest BCUT2D eigenvalue weighted by Crippen LogP contribution is -2.24. The molecule has 1 heterocycles. The number of aliphatic hydroxyl groups is 1. The smallest absolute Gasteiger partial charge is 0.285 e. The molecule has 0 aliphatic carbocycles. The average molecular weight is 260 g/mol. The van der Waals surface area contributed by atoms with E-state index in [-0.39, 0.29) is 17.0 Å². The van der Waals surface area contributed by atoms with Gasteiger partial charge in [-0.25, -0.2) is 5.10 Å². The van der Waals surface area contributed by atoms with E-state index >= 15 is 0 Å². The zero-order valence-corrected chi connectivity index (χ0v) is 10.8. The molecule has 1 rings (SSSR count). The van der Waals surface area contributed by atoms with Crippen LogP contribution in [0.3, 0.4) is 0 Å². The van der Waals surface area contributed by atoms with Crippen LogP contribution in [0.2, 0.25) is 5.02 Å². The van der Waals surface area contributed by atoms with Gasteiger partial charge in [-0.1, -0.05) is 25.4 Å². The molecule has 6 heteroatoms. The Bertz CT molecular complexity index is 417. The molecule has 3 N–H and O–H groups in total. The Labute approximate surface area is 105 Å². The van der Waals surface area contributed by atoms with E-state index in [1.165, 1.54) is 6.20 Å². The van der Waals surface area contributed by atoms with Gasteiger partial charge >= 0.3 is 0 Å². The lowest BCUT2D eigenvalue weighted by Gasteiger charge is -2.25. The maximum atomic E-state index is 11.2. The first-order chi connectivity index (χ1) is 7.96. The topological polar surface area (TPSA) is 78.0 Å². The minimum atomic E-state index is -0.398. The van der Waals surface area contributed by atoms with Crippen molar-refractivity contribution >= 4 is 17.3 Å². The highest BCUT2D eigenvalue weighted by molar-refractivity contribution is 6.32. The first-order valence-electron chi connectivity index (χ1n) is 5.54. The number of aromatic amines is 1. The fraction of sp³-hybridized carbons (Fsp3) is 0.636. The van der Waals surface area contributed by atoms with E-state index in [2.05, 4.69) is 29.4 Å². The predicted octanol–water partition coefficient (Wildman–Crippen LogP) is 1.63. The summed E-state index contributed by atoms with van der Waals surface area (Å²) < 4.78 is 0. The molecule has 5 nitrogen and oxygen atoms in total. The highest BCUT2D eigenvalue weighted by Gasteiger charge is 2.17. The van der Waals surface area contributed by atoms with E-state index in [0.717, 1.165) is 12.8 Å². The van der Waals surface area contributed by atoms with Gasteiger partial charge in [0, 0.05) is 13.2 Å². The Kier molecular flexibility index (Phi) is 4.96. The van der Waals surface area contributed by atoms with Gasteiger partial charge in [-0.2, -0.15) is 5.10 Å². The van der Waals surface area contributed by atoms with Crippen LogP contribution >= 0.6 is 11.6 Å². The quantitative estimate of drug-likeness (QED) is 0.726. The SMILES string of the molecule is CC(C)(CCCO)CNc1cn[nH]c(=O)c1Cl. The summed E-state index contributed by atoms with van der Waals surface area (Å²) in [6.45, 7) is 5.03. The molecular weight excluding hydrogens is 242 g/mol. The van der Waals surface area contributed by atoms with E-state index in [0.29, 0.717) is 12.2 Å². The number of hydrogen-bond donors (Lipinski definition) is 3. The third-order valence-corrected chi connectivity index (χ3v) is 2.94. The molecule has 0 aliphatic rings. The highest BCUT2D eigenvalue weighted by Crippen LogP contribution is 2.24. The summed E-state index contributed by atoms with van der Waals surface area (Å²) in [6.07, 6.45) is 3.15. The normalized spacial score (nSPS) is 11.5. The average Bonchev–Trinajstić information content (AvgIpc) is 2.29. The van der Waals surface area contributed by atoms with Gasteiger partial charge in [0.2, 0.25) is 0 Å². The van der Waals surface area contributed by atoms with Crippen LogP contribution < -0.4 is 10.9 Å². The van der Waals surface area contributed by atoms with Crippen LogP contribution in [0.1, 0.15) is 26.7 Å². The molecule has 0 radical (unpaired) electrons. The van der Waals surface area contributed by atoms with Crippen molar-refractivity contribution in [2.75, 3.05) is 18.5 Å². The van der Waals surface area contributed by atoms with Crippen LogP contribution in [0.5, 0.6) is 0 Å². The zero-order valence-electron chi connectivity index (χ0n) is 10.1. The molecule has 17 heavy (non-hydrogen) atoms. The Morgan fingerprint density at radius 3 is 2.94 bits per heavy atom. The number of hydrogen-bond acceptors (Lipinski definition) is 4. The number of H-pyrrole nitrogens is 1. The lowest BCUT2D eigenvalue weighted by molar-refractivity contribution is 0.248. The van der Waals surface area contributed by atoms with Crippen LogP contribution in [-0.2, 0) is 0 Å². The molecule has 0 unspecified atom stereocenters. The molecule has 0 bridgehead atoms. The van der Waals surface area contributed by atoms with Gasteiger partial charge in [-0.15, -0.1) is 0 Å². The molecule has 0 amide bonds. The summed E-state index contributed by atoms with van der Waals surface area (Å²) in [5.74, 6) is 0. The van der Waals surface area contributed by atoms with Crippen molar-refractivity contribution < 1.29 is 5.11 Å². The van der Waals surface area contributed by atoms with Gasteiger partial charge < -0.3 is 10.4 Å². The largest absolute Gasteiger partial charge is 0.396 e. The molecule has 0 saturated heterocycles. The molecule has 0 aromatic carbocycles. The van der Waals surface area contributed by atoms with Crippen LogP contribution in [0.4, 0.5) is 5.69 Å². The van der Waals surface area contributed by atoms with Gasteiger partial charge in [0.1, 0.15) is 5.02 Å². The number of aliphatic hydroxyl groups excluding tert-OH is 1. The molecule has 0 saturated carbocycles. The number of nitrogens with one attached hydrogen (secondary N) is 2. The summed E-state index contributed by atoms with van der Waals surface area (Å²) >= 11 is 5.84. The first-order valence-corrected chi connectivity index (χ1v) is 5.92. The third-order valence-electron chi connectivity index (χ3n) is 2.56. The summed E-state index contributed by atoms with van der Waals surface area (Å²) in [4.78, 5) is 11.2. The maximum absolute atomic E-state index is 11.2. The molecule has 0 atom stereocenters. The van der Waals surface area contributed by atoms with Crippen molar-refractivity contribution in [2.24, 2.45) is 5.41 Å². The maximum Gasteiger partial charge on any atom is 0.285 e. The van der Waals surface area contributed by atoms with Gasteiger partial charge in [-0.3, -0.25) is 4.79 Å². The lowest BCUT2D eigenvalue weighted by atomic mass is 9.88. The molecule has 0 aliphatic heterocycles. The monoisotopic (exact) mass is 259 g/mol. The Morgan fingerprint density at radius 2 is 2.29 bits per heavy atom. The summed E-state index contributed by atoms with van der Waals surface area (Å²) in [6, 6.07) is 0. The van der Waals surface area contributed by atoms with E-state index in [1.807, 2.05) is 0 Å². The van der Waals surface area contributed by atoms with Crippen molar-refractivity contribution in [3.63, 3.8) is 0 Å². The van der Waals surface area contributed by atoms with E-state index in [1.54, 1.807) is 0 Å². The van der Waals surface area contributed by atoms with Crippen molar-refractivity contribution in [3.8, 4) is 0 Å². The molecule has 96 valence electrons. The Morgan fingerprint density at radius 1 is 1.59 bits per heavy atom. The Balaban J connectivity index is 2.61. The molecule has 0 spiro atoms. The minimum Gasteiger partial charge on any atom is -0.396 e. The first kappa shape index (κ1) is 14.0. The van der Waals surface area contributed by atoms with E-state index in [4.69, 9.17) is 16.7 Å². The zero-order chi connectivity index (χ0) is 12.9. The van der Waals surface area contributed by atoms with Crippen molar-refractivity contribution in [3.05, 3.63) is 21.6 Å². The van der Waals surface area contributed by atoms with Gasteiger partial charge in [-0.05, 0) is 18.3 Å². The predicted molar refractivity (Wildman–Crippen MR) is 68.5 cm³/mol. The second kappa shape index (κ2) is 6.02. The Hall–Kier alpha value is -1.07. The van der Waals surface area contributed by atoms with Crippen LogP contribution in [0.25, 0.3) is 0 Å². The second-order valence-corrected chi connectivity index (χ2v) is 5.15. The fourth-order valence-corrected chi connectivity index (χ4v) is 1.65. The number of rotatable bonds is 6. The second-order valence-electron chi connectivity index (χ2n) is 4.77. The van der Waals surface area contributed by atoms with Gasteiger partial charge in [0.15, 0.2) is 0 Å². The number of anilines is 1. The molecular formula is C11H18ClN3O2. The third kappa shape index (κ3) is 4.36. The minimum absolute atomic E-state index is 0.0225. The molecule has 1 aromatic heterocycles. The summed E-state index contributed by atoms with van der Waals surface area (Å²) in [7, 11) is 0. The summed E-state index contributed by atoms with van der Waals surface area (Å²) in [5.41, 5.74) is 0.159. The van der Waals surface area contributed by atoms with Crippen molar-refractivity contribution in [1.82, 2.24) is 10.2 Å². The van der Waals surface area contributed by atoms with Crippen LogP contribution in [-0.4, -0.2) is 28.5 Å². The summed E-state index contributed by atoms with van der Waals surface area (Å²) in [5, 5.41) is 18.0.